The Balaban J connectivity index is 1.95. The lowest BCUT2D eigenvalue weighted by Crippen LogP contribution is -2.15. The van der Waals surface area contributed by atoms with E-state index in [0.717, 1.165) is 16.7 Å². The van der Waals surface area contributed by atoms with E-state index in [0.29, 0.717) is 37.4 Å². The highest BCUT2D eigenvalue weighted by Crippen LogP contribution is 2.48. The number of amides is 1. The zero-order valence-corrected chi connectivity index (χ0v) is 18.3. The number of halogens is 4. The van der Waals surface area contributed by atoms with Gasteiger partial charge in [-0.3, -0.25) is 9.48 Å². The molecule has 1 unspecified atom stereocenters. The molecule has 1 aromatic heterocycles. The molecule has 1 amide bonds. The van der Waals surface area contributed by atoms with E-state index in [2.05, 4.69) is 10.4 Å². The second-order valence-electron chi connectivity index (χ2n) is 6.27. The van der Waals surface area contributed by atoms with Gasteiger partial charge in [-0.1, -0.05) is 58.5 Å². The Bertz CT molecular complexity index is 1100. The highest BCUT2D eigenvalue weighted by atomic mass is 35.5. The van der Waals surface area contributed by atoms with Gasteiger partial charge in [-0.15, -0.1) is 11.8 Å². The van der Waals surface area contributed by atoms with Crippen molar-refractivity contribution < 1.29 is 4.79 Å². The molecule has 0 radical (unpaired) electrons. The van der Waals surface area contributed by atoms with Crippen molar-refractivity contribution in [1.82, 2.24) is 9.78 Å². The molecular weight excluding hydrogens is 460 g/mol. The van der Waals surface area contributed by atoms with Gasteiger partial charge in [0.05, 0.1) is 26.7 Å². The summed E-state index contributed by atoms with van der Waals surface area (Å²) in [6, 6.07) is 10.7. The van der Waals surface area contributed by atoms with Crippen LogP contribution in [0.25, 0.3) is 11.3 Å². The summed E-state index contributed by atoms with van der Waals surface area (Å²) in [4.78, 5) is 12.3. The first-order chi connectivity index (χ1) is 13.3. The fourth-order valence-corrected chi connectivity index (χ4v) is 5.21. The summed E-state index contributed by atoms with van der Waals surface area (Å²) in [6.45, 7) is 0. The Morgan fingerprint density at radius 3 is 2.57 bits per heavy atom. The monoisotopic (exact) mass is 471 g/mol. The molecule has 1 aliphatic heterocycles. The first-order valence-electron chi connectivity index (χ1n) is 8.24. The predicted octanol–water partition coefficient (Wildman–Crippen LogP) is 6.48. The number of hydrogen-bond donors (Lipinski definition) is 1. The number of rotatable bonds is 2. The SMILES string of the molecule is Cn1nc(-c2ccc(Cl)c(Cl)c2)c2c1NC(=O)CSC2c1ccc(Cl)cc1Cl. The minimum absolute atomic E-state index is 0.0949. The van der Waals surface area contributed by atoms with Gasteiger partial charge in [0.2, 0.25) is 5.91 Å². The van der Waals surface area contributed by atoms with E-state index >= 15 is 0 Å². The van der Waals surface area contributed by atoms with Crippen LogP contribution in [-0.2, 0) is 11.8 Å². The maximum absolute atomic E-state index is 12.3. The Hall–Kier alpha value is -1.37. The summed E-state index contributed by atoms with van der Waals surface area (Å²) in [5.74, 6) is 0.827. The third-order valence-corrected chi connectivity index (χ3v) is 6.98. The van der Waals surface area contributed by atoms with Crippen LogP contribution >= 0.6 is 58.2 Å². The average molecular weight is 473 g/mol. The molecule has 3 aromatic rings. The Kier molecular flexibility index (Phi) is 5.55. The molecule has 2 aromatic carbocycles. The van der Waals surface area contributed by atoms with Crippen LogP contribution in [0.5, 0.6) is 0 Å². The zero-order valence-electron chi connectivity index (χ0n) is 14.5. The van der Waals surface area contributed by atoms with Crippen molar-refractivity contribution in [3.05, 3.63) is 67.6 Å². The number of fused-ring (bicyclic) bond motifs is 1. The number of anilines is 1. The van der Waals surface area contributed by atoms with Crippen molar-refractivity contribution in [2.24, 2.45) is 7.05 Å². The third-order valence-electron chi connectivity index (χ3n) is 4.42. The van der Waals surface area contributed by atoms with Crippen molar-refractivity contribution in [1.29, 1.82) is 0 Å². The van der Waals surface area contributed by atoms with Gasteiger partial charge in [-0.05, 0) is 29.8 Å². The van der Waals surface area contributed by atoms with Gasteiger partial charge in [-0.2, -0.15) is 5.10 Å². The van der Waals surface area contributed by atoms with Crippen LogP contribution in [0.2, 0.25) is 20.1 Å². The van der Waals surface area contributed by atoms with Gasteiger partial charge in [0.25, 0.3) is 0 Å². The molecular formula is C19H13Cl4N3OS. The van der Waals surface area contributed by atoms with Crippen LogP contribution in [-0.4, -0.2) is 21.4 Å². The van der Waals surface area contributed by atoms with Crippen LogP contribution < -0.4 is 5.32 Å². The Labute approximate surface area is 186 Å². The lowest BCUT2D eigenvalue weighted by atomic mass is 10.00. The third kappa shape index (κ3) is 3.62. The smallest absolute Gasteiger partial charge is 0.235 e. The second-order valence-corrected chi connectivity index (χ2v) is 9.02. The fraction of sp³-hybridized carbons (Fsp3) is 0.158. The number of thioether (sulfide) groups is 1. The van der Waals surface area contributed by atoms with Crippen molar-refractivity contribution in [2.75, 3.05) is 11.1 Å². The van der Waals surface area contributed by atoms with E-state index < -0.39 is 0 Å². The number of benzene rings is 2. The van der Waals surface area contributed by atoms with E-state index in [1.807, 2.05) is 12.1 Å². The van der Waals surface area contributed by atoms with E-state index in [1.165, 1.54) is 11.8 Å². The van der Waals surface area contributed by atoms with Gasteiger partial charge in [-0.25, -0.2) is 0 Å². The molecule has 1 atom stereocenters. The van der Waals surface area contributed by atoms with E-state index in [4.69, 9.17) is 46.4 Å². The molecule has 28 heavy (non-hydrogen) atoms. The van der Waals surface area contributed by atoms with Crippen LogP contribution in [0.3, 0.4) is 0 Å². The van der Waals surface area contributed by atoms with Crippen LogP contribution in [0.15, 0.2) is 36.4 Å². The second kappa shape index (κ2) is 7.81. The van der Waals surface area contributed by atoms with Gasteiger partial charge in [0.1, 0.15) is 5.82 Å². The number of carbonyl (C=O) groups is 1. The Morgan fingerprint density at radius 2 is 1.86 bits per heavy atom. The van der Waals surface area contributed by atoms with Gasteiger partial charge >= 0.3 is 0 Å². The number of hydrogen-bond acceptors (Lipinski definition) is 3. The molecule has 144 valence electrons. The summed E-state index contributed by atoms with van der Waals surface area (Å²) >= 11 is 26.4. The van der Waals surface area contributed by atoms with Crippen LogP contribution in [0.1, 0.15) is 16.4 Å². The minimum atomic E-state index is -0.211. The highest BCUT2D eigenvalue weighted by Gasteiger charge is 2.32. The standard InChI is InChI=1S/C19H13Cl4N3OS/c1-26-19-16(17(25-26)9-2-5-12(21)14(23)6-9)18(28-8-15(27)24-19)11-4-3-10(20)7-13(11)22/h2-7,18H,8H2,1H3,(H,24,27). The lowest BCUT2D eigenvalue weighted by Gasteiger charge is -2.18. The maximum Gasteiger partial charge on any atom is 0.235 e. The van der Waals surface area contributed by atoms with Gasteiger partial charge in [0, 0.05) is 28.2 Å². The Morgan fingerprint density at radius 1 is 1.07 bits per heavy atom. The molecule has 0 saturated heterocycles. The molecule has 4 nitrogen and oxygen atoms in total. The first kappa shape index (κ1) is 19.9. The number of nitrogens with one attached hydrogen (secondary N) is 1. The van der Waals surface area contributed by atoms with Crippen molar-refractivity contribution in [2.45, 2.75) is 5.25 Å². The zero-order chi connectivity index (χ0) is 20.0. The van der Waals surface area contributed by atoms with Crippen molar-refractivity contribution >= 4 is 69.9 Å². The van der Waals surface area contributed by atoms with Crippen LogP contribution in [0.4, 0.5) is 5.82 Å². The highest BCUT2D eigenvalue weighted by molar-refractivity contribution is 8.00. The fourth-order valence-electron chi connectivity index (χ4n) is 3.16. The van der Waals surface area contributed by atoms with Crippen molar-refractivity contribution in [3.8, 4) is 11.3 Å². The lowest BCUT2D eigenvalue weighted by molar-refractivity contribution is -0.113. The quantitative estimate of drug-likeness (QED) is 0.464. The summed E-state index contributed by atoms with van der Waals surface area (Å²) in [5, 5.41) is 9.38. The van der Waals surface area contributed by atoms with E-state index in [-0.39, 0.29) is 11.2 Å². The molecule has 0 fully saturated rings. The average Bonchev–Trinajstić information content (AvgIpc) is 2.85. The maximum atomic E-state index is 12.3. The predicted molar refractivity (Wildman–Crippen MR) is 118 cm³/mol. The molecule has 1 N–H and O–H groups in total. The summed E-state index contributed by atoms with van der Waals surface area (Å²) in [6.07, 6.45) is 0. The molecule has 0 spiro atoms. The van der Waals surface area contributed by atoms with Crippen molar-refractivity contribution in [3.63, 3.8) is 0 Å². The molecule has 1 aliphatic rings. The van der Waals surface area contributed by atoms with E-state index in [9.17, 15) is 4.79 Å². The van der Waals surface area contributed by atoms with Crippen LogP contribution in [0, 0.1) is 0 Å². The molecule has 2 heterocycles. The number of nitrogens with zero attached hydrogens (tertiary/aromatic N) is 2. The molecule has 0 bridgehead atoms. The largest absolute Gasteiger partial charge is 0.310 e. The molecule has 0 saturated carbocycles. The number of carbonyl (C=O) groups excluding carboxylic acids is 1. The summed E-state index contributed by atoms with van der Waals surface area (Å²) in [5.41, 5.74) is 3.24. The van der Waals surface area contributed by atoms with E-state index in [1.54, 1.807) is 36.0 Å². The first-order valence-corrected chi connectivity index (χ1v) is 10.8. The van der Waals surface area contributed by atoms with Gasteiger partial charge < -0.3 is 5.32 Å². The summed E-state index contributed by atoms with van der Waals surface area (Å²) in [7, 11) is 1.79. The minimum Gasteiger partial charge on any atom is -0.310 e. The normalized spacial score (nSPS) is 16.5. The summed E-state index contributed by atoms with van der Waals surface area (Å²) < 4.78 is 1.66. The number of aromatic nitrogens is 2. The number of aryl methyl sites for hydroxylation is 1. The molecule has 9 heteroatoms. The van der Waals surface area contributed by atoms with Gasteiger partial charge in [0.15, 0.2) is 0 Å². The molecule has 4 rings (SSSR count). The topological polar surface area (TPSA) is 46.9 Å². The molecule has 0 aliphatic carbocycles.